The molecule has 0 saturated heterocycles. The van der Waals surface area contributed by atoms with Crippen molar-refractivity contribution in [3.63, 3.8) is 0 Å². The molecule has 50 valence electrons. The Morgan fingerprint density at radius 3 is 2.89 bits per heavy atom. The summed E-state index contributed by atoms with van der Waals surface area (Å²) in [6, 6.07) is 2.05. The first-order valence-electron chi connectivity index (χ1n) is 3.16. The zero-order chi connectivity index (χ0) is 6.69. The average molecular weight is 141 g/mol. The Kier molecular flexibility index (Phi) is 2.11. The number of nitrogens with two attached hydrogens (primary N) is 1. The average Bonchev–Trinajstić information content (AvgIpc) is 2.17. The van der Waals surface area contributed by atoms with E-state index in [1.165, 1.54) is 17.7 Å². The van der Waals surface area contributed by atoms with E-state index in [1.54, 1.807) is 11.3 Å². The smallest absolute Gasteiger partial charge is 0.0425 e. The van der Waals surface area contributed by atoms with Gasteiger partial charge in [-0.1, -0.05) is 13.3 Å². The molecule has 0 unspecified atom stereocenters. The highest BCUT2D eigenvalue weighted by Gasteiger charge is 1.92. The van der Waals surface area contributed by atoms with Crippen LogP contribution >= 0.6 is 11.3 Å². The van der Waals surface area contributed by atoms with Crippen LogP contribution in [0.2, 0.25) is 0 Å². The lowest BCUT2D eigenvalue weighted by Gasteiger charge is -1.86. The zero-order valence-electron chi connectivity index (χ0n) is 5.55. The van der Waals surface area contributed by atoms with Gasteiger partial charge in [0, 0.05) is 15.9 Å². The molecule has 0 saturated carbocycles. The molecule has 1 aromatic rings. The Morgan fingerprint density at radius 2 is 2.44 bits per heavy atom. The van der Waals surface area contributed by atoms with Crippen LogP contribution in [0.5, 0.6) is 0 Å². The van der Waals surface area contributed by atoms with Crippen LogP contribution in [0.25, 0.3) is 0 Å². The lowest BCUT2D eigenvalue weighted by atomic mass is 10.3. The molecule has 1 nitrogen and oxygen atoms in total. The fourth-order valence-electron chi connectivity index (χ4n) is 0.775. The Labute approximate surface area is 59.5 Å². The van der Waals surface area contributed by atoms with Gasteiger partial charge in [0.25, 0.3) is 0 Å². The number of rotatable bonds is 2. The molecular weight excluding hydrogens is 130 g/mol. The molecule has 0 aromatic carbocycles. The molecule has 0 aliphatic heterocycles. The molecular formula is C7H11NS. The summed E-state index contributed by atoms with van der Waals surface area (Å²) in [5.41, 5.74) is 6.43. The van der Waals surface area contributed by atoms with Crippen LogP contribution in [0.1, 0.15) is 18.2 Å². The van der Waals surface area contributed by atoms with Crippen LogP contribution in [-0.4, -0.2) is 0 Å². The minimum atomic E-state index is 0.906. The van der Waals surface area contributed by atoms with Gasteiger partial charge in [0.15, 0.2) is 0 Å². The third-order valence-corrected chi connectivity index (χ3v) is 2.19. The molecule has 1 heterocycles. The first-order valence-corrected chi connectivity index (χ1v) is 4.03. The van der Waals surface area contributed by atoms with Gasteiger partial charge in [0.1, 0.15) is 0 Å². The van der Waals surface area contributed by atoms with E-state index in [2.05, 4.69) is 6.92 Å². The largest absolute Gasteiger partial charge is 0.398 e. The summed E-state index contributed by atoms with van der Waals surface area (Å²) in [5.74, 6) is 0. The Morgan fingerprint density at radius 1 is 1.67 bits per heavy atom. The minimum Gasteiger partial charge on any atom is -0.398 e. The van der Waals surface area contributed by atoms with E-state index in [-0.39, 0.29) is 0 Å². The van der Waals surface area contributed by atoms with Crippen molar-refractivity contribution < 1.29 is 0 Å². The van der Waals surface area contributed by atoms with Crippen LogP contribution in [0.3, 0.4) is 0 Å². The van der Waals surface area contributed by atoms with Gasteiger partial charge in [-0.2, -0.15) is 0 Å². The number of aryl methyl sites for hydroxylation is 1. The first-order chi connectivity index (χ1) is 4.33. The van der Waals surface area contributed by atoms with Gasteiger partial charge in [0.2, 0.25) is 0 Å². The molecule has 0 atom stereocenters. The fraction of sp³-hybridized carbons (Fsp3) is 0.429. The Bertz CT molecular complexity index is 181. The highest BCUT2D eigenvalue weighted by atomic mass is 32.1. The number of hydrogen-bond donors (Lipinski definition) is 1. The Hall–Kier alpha value is -0.500. The van der Waals surface area contributed by atoms with Crippen LogP contribution < -0.4 is 5.73 Å². The van der Waals surface area contributed by atoms with Crippen molar-refractivity contribution in [2.24, 2.45) is 0 Å². The van der Waals surface area contributed by atoms with Gasteiger partial charge in [-0.05, 0) is 12.5 Å². The minimum absolute atomic E-state index is 0.906. The maximum absolute atomic E-state index is 5.52. The molecule has 0 bridgehead atoms. The summed E-state index contributed by atoms with van der Waals surface area (Å²) in [7, 11) is 0. The molecule has 2 heteroatoms. The standard InChI is InChI=1S/C7H11NS/c1-2-3-7-4-6(8)5-9-7/h4-5H,2-3,8H2,1H3. The summed E-state index contributed by atoms with van der Waals surface area (Å²) < 4.78 is 0. The molecule has 9 heavy (non-hydrogen) atoms. The molecule has 0 radical (unpaired) electrons. The number of hydrogen-bond acceptors (Lipinski definition) is 2. The van der Waals surface area contributed by atoms with Crippen molar-refractivity contribution in [2.45, 2.75) is 19.8 Å². The van der Waals surface area contributed by atoms with Crippen molar-refractivity contribution >= 4 is 17.0 Å². The highest BCUT2D eigenvalue weighted by Crippen LogP contribution is 2.17. The van der Waals surface area contributed by atoms with E-state index < -0.39 is 0 Å². The predicted octanol–water partition coefficient (Wildman–Crippen LogP) is 2.28. The van der Waals surface area contributed by atoms with E-state index in [4.69, 9.17) is 5.73 Å². The maximum atomic E-state index is 5.52. The molecule has 2 N–H and O–H groups in total. The Balaban J connectivity index is 2.61. The second-order valence-electron chi connectivity index (χ2n) is 2.10. The first kappa shape index (κ1) is 6.62. The van der Waals surface area contributed by atoms with Gasteiger partial charge in [-0.15, -0.1) is 11.3 Å². The van der Waals surface area contributed by atoms with E-state index in [0.29, 0.717) is 0 Å². The molecule has 1 aromatic heterocycles. The number of anilines is 1. The lowest BCUT2D eigenvalue weighted by Crippen LogP contribution is -1.78. The monoisotopic (exact) mass is 141 g/mol. The van der Waals surface area contributed by atoms with Gasteiger partial charge >= 0.3 is 0 Å². The van der Waals surface area contributed by atoms with Crippen LogP contribution in [0.15, 0.2) is 11.4 Å². The molecule has 0 amide bonds. The summed E-state index contributed by atoms with van der Waals surface area (Å²) in [5, 5.41) is 1.99. The topological polar surface area (TPSA) is 26.0 Å². The van der Waals surface area contributed by atoms with E-state index >= 15 is 0 Å². The van der Waals surface area contributed by atoms with Crippen molar-refractivity contribution in [1.82, 2.24) is 0 Å². The second-order valence-corrected chi connectivity index (χ2v) is 3.09. The van der Waals surface area contributed by atoms with Gasteiger partial charge in [-0.25, -0.2) is 0 Å². The van der Waals surface area contributed by atoms with E-state index in [1.807, 2.05) is 11.4 Å². The maximum Gasteiger partial charge on any atom is 0.0425 e. The summed E-state index contributed by atoms with van der Waals surface area (Å²) >= 11 is 1.75. The summed E-state index contributed by atoms with van der Waals surface area (Å²) in [4.78, 5) is 1.40. The lowest BCUT2D eigenvalue weighted by molar-refractivity contribution is 0.940. The van der Waals surface area contributed by atoms with Crippen molar-refractivity contribution in [1.29, 1.82) is 0 Å². The van der Waals surface area contributed by atoms with Gasteiger partial charge in [-0.3, -0.25) is 0 Å². The highest BCUT2D eigenvalue weighted by molar-refractivity contribution is 7.10. The number of nitrogen functional groups attached to an aromatic ring is 1. The zero-order valence-corrected chi connectivity index (χ0v) is 6.37. The second kappa shape index (κ2) is 2.87. The third kappa shape index (κ3) is 1.72. The summed E-state index contributed by atoms with van der Waals surface area (Å²) in [6.07, 6.45) is 2.38. The van der Waals surface area contributed by atoms with E-state index in [9.17, 15) is 0 Å². The van der Waals surface area contributed by atoms with E-state index in [0.717, 1.165) is 5.69 Å². The van der Waals surface area contributed by atoms with Crippen LogP contribution in [0.4, 0.5) is 5.69 Å². The van der Waals surface area contributed by atoms with Crippen molar-refractivity contribution in [3.05, 3.63) is 16.3 Å². The van der Waals surface area contributed by atoms with Crippen LogP contribution in [-0.2, 0) is 6.42 Å². The molecule has 0 aliphatic carbocycles. The molecule has 0 fully saturated rings. The molecule has 0 spiro atoms. The third-order valence-electron chi connectivity index (χ3n) is 1.17. The number of thiophene rings is 1. The quantitative estimate of drug-likeness (QED) is 0.671. The SMILES string of the molecule is CCCc1cc(N)cs1. The normalized spacial score (nSPS) is 9.89. The van der Waals surface area contributed by atoms with Crippen molar-refractivity contribution in [2.75, 3.05) is 5.73 Å². The van der Waals surface area contributed by atoms with Gasteiger partial charge in [0.05, 0.1) is 0 Å². The van der Waals surface area contributed by atoms with Crippen molar-refractivity contribution in [3.8, 4) is 0 Å². The molecule has 0 aliphatic rings. The predicted molar refractivity (Wildman–Crippen MR) is 42.7 cm³/mol. The fourth-order valence-corrected chi connectivity index (χ4v) is 1.66. The molecule has 1 rings (SSSR count). The summed E-state index contributed by atoms with van der Waals surface area (Å²) in [6.45, 7) is 2.18. The van der Waals surface area contributed by atoms with Crippen LogP contribution in [0, 0.1) is 0 Å². The van der Waals surface area contributed by atoms with Gasteiger partial charge < -0.3 is 5.73 Å².